The molecule has 0 aromatic rings. The third-order valence-electron chi connectivity index (χ3n) is 8.38. The Labute approximate surface area is 145 Å². The summed E-state index contributed by atoms with van der Waals surface area (Å²) in [5, 5.41) is 0. The maximum absolute atomic E-state index is 12.3. The quantitative estimate of drug-likeness (QED) is 0.643. The lowest BCUT2D eigenvalue weighted by atomic mass is 9.49. The minimum Gasteiger partial charge on any atom is -0.300 e. The molecule has 6 atom stereocenters. The van der Waals surface area contributed by atoms with Gasteiger partial charge in [0.05, 0.1) is 0 Å². The van der Waals surface area contributed by atoms with Gasteiger partial charge < -0.3 is 0 Å². The highest BCUT2D eigenvalue weighted by atomic mass is 16.1. The van der Waals surface area contributed by atoms with Crippen LogP contribution in [0, 0.1) is 34.5 Å². The number of carbonyl (C=O) groups is 2. The molecule has 0 saturated heterocycles. The van der Waals surface area contributed by atoms with Crippen molar-refractivity contribution < 1.29 is 9.59 Å². The fourth-order valence-electron chi connectivity index (χ4n) is 6.84. The van der Waals surface area contributed by atoms with Crippen molar-refractivity contribution >= 4 is 11.6 Å². The largest absolute Gasteiger partial charge is 0.300 e. The molecule has 2 fully saturated rings. The van der Waals surface area contributed by atoms with Gasteiger partial charge in [-0.1, -0.05) is 38.0 Å². The second-order valence-electron chi connectivity index (χ2n) is 9.24. The smallest absolute Gasteiger partial charge is 0.155 e. The number of allylic oxidation sites excluding steroid dienone is 4. The van der Waals surface area contributed by atoms with Crippen LogP contribution in [-0.4, -0.2) is 11.6 Å². The fourth-order valence-corrected chi connectivity index (χ4v) is 6.84. The Balaban J connectivity index is 1.80. The van der Waals surface area contributed by atoms with E-state index in [9.17, 15) is 9.59 Å². The third-order valence-corrected chi connectivity index (χ3v) is 8.38. The fraction of sp³-hybridized carbons (Fsp3) is 0.727. The molecule has 130 valence electrons. The first-order valence-electron chi connectivity index (χ1n) is 9.75. The van der Waals surface area contributed by atoms with E-state index in [-0.39, 0.29) is 16.7 Å². The summed E-state index contributed by atoms with van der Waals surface area (Å²) in [6.45, 7) is 8.87. The predicted octanol–water partition coefficient (Wildman–Crippen LogP) is 4.89. The Hall–Kier alpha value is -1.18. The van der Waals surface area contributed by atoms with Gasteiger partial charge in [-0.3, -0.25) is 9.59 Å². The zero-order valence-corrected chi connectivity index (χ0v) is 15.5. The number of Topliss-reactive ketones (excluding diaryl/α,β-unsaturated/α-hetero) is 1. The van der Waals surface area contributed by atoms with Crippen LogP contribution in [0.3, 0.4) is 0 Å². The zero-order chi connectivity index (χ0) is 17.3. The molecule has 24 heavy (non-hydrogen) atoms. The van der Waals surface area contributed by atoms with Crippen molar-refractivity contribution in [3.05, 3.63) is 23.3 Å². The van der Waals surface area contributed by atoms with Gasteiger partial charge in [0.1, 0.15) is 5.78 Å². The minimum absolute atomic E-state index is 0.0979. The van der Waals surface area contributed by atoms with Crippen molar-refractivity contribution in [1.82, 2.24) is 0 Å². The summed E-state index contributed by atoms with van der Waals surface area (Å²) in [5.41, 5.74) is 3.20. The average Bonchev–Trinajstić information content (AvgIpc) is 2.88. The first-order chi connectivity index (χ1) is 11.3. The second-order valence-corrected chi connectivity index (χ2v) is 9.24. The van der Waals surface area contributed by atoms with E-state index >= 15 is 0 Å². The van der Waals surface area contributed by atoms with Gasteiger partial charge >= 0.3 is 0 Å². The number of hydrogen-bond acceptors (Lipinski definition) is 2. The normalized spacial score (nSPS) is 47.2. The van der Waals surface area contributed by atoms with Gasteiger partial charge in [-0.15, -0.1) is 0 Å². The molecule has 6 unspecified atom stereocenters. The van der Waals surface area contributed by atoms with Gasteiger partial charge in [-0.05, 0) is 68.3 Å². The van der Waals surface area contributed by atoms with Gasteiger partial charge in [0.2, 0.25) is 0 Å². The lowest BCUT2D eigenvalue weighted by Gasteiger charge is -2.55. The predicted molar refractivity (Wildman–Crippen MR) is 95.4 cm³/mol. The summed E-state index contributed by atoms with van der Waals surface area (Å²) < 4.78 is 0. The lowest BCUT2D eigenvalue weighted by Crippen LogP contribution is -2.48. The number of ketones is 2. The molecule has 0 spiro atoms. The van der Waals surface area contributed by atoms with E-state index in [1.807, 2.05) is 6.08 Å². The average molecular weight is 326 g/mol. The molecule has 0 bridgehead atoms. The van der Waals surface area contributed by atoms with E-state index in [4.69, 9.17) is 0 Å². The molecule has 0 aromatic heterocycles. The van der Waals surface area contributed by atoms with Crippen LogP contribution in [0.15, 0.2) is 23.3 Å². The highest BCUT2D eigenvalue weighted by Gasteiger charge is 2.59. The molecule has 2 heteroatoms. The molecule has 4 rings (SSSR count). The first-order valence-corrected chi connectivity index (χ1v) is 9.75. The molecule has 0 N–H and O–H groups in total. The second kappa shape index (κ2) is 5.16. The van der Waals surface area contributed by atoms with Gasteiger partial charge in [-0.2, -0.15) is 0 Å². The van der Waals surface area contributed by atoms with Crippen molar-refractivity contribution in [2.75, 3.05) is 0 Å². The minimum atomic E-state index is 0.0979. The van der Waals surface area contributed by atoms with Crippen LogP contribution < -0.4 is 0 Å². The highest BCUT2D eigenvalue weighted by Crippen LogP contribution is 2.66. The Morgan fingerprint density at radius 3 is 2.62 bits per heavy atom. The lowest BCUT2D eigenvalue weighted by molar-refractivity contribution is -0.126. The molecule has 0 heterocycles. The standard InChI is InChI=1S/C22H30O2/c1-13-11-20-17(19-8-7-18(14(2)23)22(13,19)4)6-5-15-12-16(24)9-10-21(15,20)3/h11-13,17-19H,5-10H2,1-4H3. The Bertz CT molecular complexity index is 669. The molecule has 2 saturated carbocycles. The number of rotatable bonds is 1. The Kier molecular flexibility index (Phi) is 3.50. The van der Waals surface area contributed by atoms with Crippen LogP contribution in [0.25, 0.3) is 0 Å². The zero-order valence-electron chi connectivity index (χ0n) is 15.5. The summed E-state index contributed by atoms with van der Waals surface area (Å²) >= 11 is 0. The van der Waals surface area contributed by atoms with Crippen LogP contribution in [0.4, 0.5) is 0 Å². The van der Waals surface area contributed by atoms with Gasteiger partial charge in [0, 0.05) is 17.8 Å². The van der Waals surface area contributed by atoms with Crippen molar-refractivity contribution in [3.63, 3.8) is 0 Å². The first kappa shape index (κ1) is 16.3. The van der Waals surface area contributed by atoms with Crippen LogP contribution in [0.2, 0.25) is 0 Å². The summed E-state index contributed by atoms with van der Waals surface area (Å²) in [6.07, 6.45) is 10.6. The molecular formula is C22H30O2. The van der Waals surface area contributed by atoms with E-state index in [0.29, 0.717) is 35.7 Å². The summed E-state index contributed by atoms with van der Waals surface area (Å²) in [5.74, 6) is 2.62. The number of hydrogen-bond donors (Lipinski definition) is 0. The molecule has 0 radical (unpaired) electrons. The topological polar surface area (TPSA) is 34.1 Å². The molecule has 0 amide bonds. The molecule has 0 aliphatic heterocycles. The van der Waals surface area contributed by atoms with E-state index in [1.54, 1.807) is 12.5 Å². The van der Waals surface area contributed by atoms with E-state index in [2.05, 4.69) is 26.8 Å². The highest BCUT2D eigenvalue weighted by molar-refractivity contribution is 5.92. The molecule has 0 aromatic carbocycles. The molecular weight excluding hydrogens is 296 g/mol. The monoisotopic (exact) mass is 326 g/mol. The maximum atomic E-state index is 12.3. The Morgan fingerprint density at radius 1 is 1.17 bits per heavy atom. The van der Waals surface area contributed by atoms with E-state index in [0.717, 1.165) is 25.7 Å². The third kappa shape index (κ3) is 1.95. The summed E-state index contributed by atoms with van der Waals surface area (Å²) in [6, 6.07) is 0. The van der Waals surface area contributed by atoms with Crippen molar-refractivity contribution in [2.24, 2.45) is 34.5 Å². The summed E-state index contributed by atoms with van der Waals surface area (Å²) in [7, 11) is 0. The van der Waals surface area contributed by atoms with Gasteiger partial charge in [0.25, 0.3) is 0 Å². The molecule has 4 aliphatic rings. The van der Waals surface area contributed by atoms with Crippen molar-refractivity contribution in [1.29, 1.82) is 0 Å². The van der Waals surface area contributed by atoms with Crippen LogP contribution >= 0.6 is 0 Å². The van der Waals surface area contributed by atoms with Crippen molar-refractivity contribution in [2.45, 2.75) is 66.2 Å². The van der Waals surface area contributed by atoms with Crippen LogP contribution in [-0.2, 0) is 9.59 Å². The summed E-state index contributed by atoms with van der Waals surface area (Å²) in [4.78, 5) is 24.2. The Morgan fingerprint density at radius 2 is 1.92 bits per heavy atom. The van der Waals surface area contributed by atoms with Crippen LogP contribution in [0.5, 0.6) is 0 Å². The van der Waals surface area contributed by atoms with Crippen molar-refractivity contribution in [3.8, 4) is 0 Å². The van der Waals surface area contributed by atoms with Gasteiger partial charge in [-0.25, -0.2) is 0 Å². The van der Waals surface area contributed by atoms with Crippen LogP contribution in [0.1, 0.15) is 66.2 Å². The number of fused-ring (bicyclic) bond motifs is 5. The van der Waals surface area contributed by atoms with E-state index < -0.39 is 0 Å². The molecule has 4 aliphatic carbocycles. The maximum Gasteiger partial charge on any atom is 0.155 e. The number of carbonyl (C=O) groups excluding carboxylic acids is 2. The molecule has 2 nitrogen and oxygen atoms in total. The van der Waals surface area contributed by atoms with Gasteiger partial charge in [0.15, 0.2) is 5.78 Å². The SMILES string of the molecule is CC(=O)C1CCC2C3CCC4=CC(=O)CCC4(C)C3=CC(C)C12C. The van der Waals surface area contributed by atoms with E-state index in [1.165, 1.54) is 12.0 Å².